The van der Waals surface area contributed by atoms with E-state index >= 15 is 0 Å². The number of rotatable bonds is 5. The molecule has 0 saturated carbocycles. The highest BCUT2D eigenvalue weighted by Crippen LogP contribution is 2.02. The van der Waals surface area contributed by atoms with Gasteiger partial charge in [-0.3, -0.25) is 0 Å². The fourth-order valence-corrected chi connectivity index (χ4v) is 0.814. The fourth-order valence-electron chi connectivity index (χ4n) is 0.814. The Morgan fingerprint density at radius 1 is 1.55 bits per heavy atom. The van der Waals surface area contributed by atoms with Crippen molar-refractivity contribution in [2.45, 2.75) is 26.4 Å². The highest BCUT2D eigenvalue weighted by atomic mass is 16.5. The maximum Gasteiger partial charge on any atom is 0.129 e. The molecular formula is C9H14O2. The molecule has 1 heterocycles. The van der Waals surface area contributed by atoms with Crippen LogP contribution >= 0.6 is 0 Å². The molecule has 0 aliphatic rings. The van der Waals surface area contributed by atoms with Crippen molar-refractivity contribution in [3.63, 3.8) is 0 Å². The number of unbranched alkanes of at least 4 members (excludes halogenated alkanes) is 1. The van der Waals surface area contributed by atoms with Crippen molar-refractivity contribution in [3.05, 3.63) is 24.2 Å². The van der Waals surface area contributed by atoms with Crippen molar-refractivity contribution < 1.29 is 9.15 Å². The van der Waals surface area contributed by atoms with Gasteiger partial charge in [-0.25, -0.2) is 0 Å². The van der Waals surface area contributed by atoms with Crippen molar-refractivity contribution in [1.82, 2.24) is 0 Å². The van der Waals surface area contributed by atoms with Crippen LogP contribution in [0.1, 0.15) is 25.5 Å². The van der Waals surface area contributed by atoms with Crippen LogP contribution < -0.4 is 0 Å². The summed E-state index contributed by atoms with van der Waals surface area (Å²) in [5, 5.41) is 0. The molecule has 0 aliphatic heterocycles. The van der Waals surface area contributed by atoms with Gasteiger partial charge >= 0.3 is 0 Å². The smallest absolute Gasteiger partial charge is 0.129 e. The highest BCUT2D eigenvalue weighted by Gasteiger charge is 1.93. The molecule has 1 rings (SSSR count). The molecule has 2 heteroatoms. The predicted octanol–water partition coefficient (Wildman–Crippen LogP) is 2.60. The van der Waals surface area contributed by atoms with Gasteiger partial charge in [0.15, 0.2) is 0 Å². The molecule has 0 spiro atoms. The summed E-state index contributed by atoms with van der Waals surface area (Å²) < 4.78 is 10.4. The second kappa shape index (κ2) is 4.97. The first kappa shape index (κ1) is 8.34. The fraction of sp³-hybridized carbons (Fsp3) is 0.556. The van der Waals surface area contributed by atoms with E-state index in [0.29, 0.717) is 6.61 Å². The molecule has 0 saturated heterocycles. The van der Waals surface area contributed by atoms with Gasteiger partial charge in [-0.2, -0.15) is 0 Å². The van der Waals surface area contributed by atoms with Gasteiger partial charge in [-0.05, 0) is 18.6 Å². The Hall–Kier alpha value is -0.760. The molecule has 2 nitrogen and oxygen atoms in total. The SMILES string of the molecule is CCCCOCc1ccco1. The van der Waals surface area contributed by atoms with Crippen molar-refractivity contribution in [1.29, 1.82) is 0 Å². The maximum absolute atomic E-state index is 5.32. The summed E-state index contributed by atoms with van der Waals surface area (Å²) in [5.41, 5.74) is 0. The summed E-state index contributed by atoms with van der Waals surface area (Å²) in [6.07, 6.45) is 3.97. The molecule has 0 fully saturated rings. The molecule has 0 atom stereocenters. The molecule has 0 bridgehead atoms. The Morgan fingerprint density at radius 2 is 2.45 bits per heavy atom. The highest BCUT2D eigenvalue weighted by molar-refractivity contribution is 4.95. The molecule has 0 N–H and O–H groups in total. The Bertz CT molecular complexity index is 168. The normalized spacial score (nSPS) is 10.3. The molecule has 11 heavy (non-hydrogen) atoms. The van der Waals surface area contributed by atoms with E-state index in [0.717, 1.165) is 18.8 Å². The Balaban J connectivity index is 2.04. The minimum Gasteiger partial charge on any atom is -0.467 e. The van der Waals surface area contributed by atoms with Gasteiger partial charge in [0.1, 0.15) is 12.4 Å². The number of ether oxygens (including phenoxy) is 1. The monoisotopic (exact) mass is 154 g/mol. The lowest BCUT2D eigenvalue weighted by molar-refractivity contribution is 0.104. The Kier molecular flexibility index (Phi) is 3.76. The zero-order valence-corrected chi connectivity index (χ0v) is 6.88. The van der Waals surface area contributed by atoms with Crippen LogP contribution in [0.25, 0.3) is 0 Å². The van der Waals surface area contributed by atoms with Crippen molar-refractivity contribution in [3.8, 4) is 0 Å². The van der Waals surface area contributed by atoms with Crippen molar-refractivity contribution in [2.75, 3.05) is 6.61 Å². The number of furan rings is 1. The second-order valence-electron chi connectivity index (χ2n) is 2.49. The van der Waals surface area contributed by atoms with Gasteiger partial charge in [-0.1, -0.05) is 13.3 Å². The zero-order valence-electron chi connectivity index (χ0n) is 6.88. The summed E-state index contributed by atoms with van der Waals surface area (Å²) in [5.74, 6) is 0.904. The molecule has 1 aromatic rings. The van der Waals surface area contributed by atoms with Gasteiger partial charge < -0.3 is 9.15 Å². The van der Waals surface area contributed by atoms with Crippen LogP contribution in [0, 0.1) is 0 Å². The van der Waals surface area contributed by atoms with E-state index in [1.807, 2.05) is 12.1 Å². The largest absolute Gasteiger partial charge is 0.467 e. The van der Waals surface area contributed by atoms with E-state index in [9.17, 15) is 0 Å². The lowest BCUT2D eigenvalue weighted by Gasteiger charge is -1.98. The summed E-state index contributed by atoms with van der Waals surface area (Å²) in [7, 11) is 0. The minimum atomic E-state index is 0.604. The lowest BCUT2D eigenvalue weighted by atomic mass is 10.4. The van der Waals surface area contributed by atoms with Gasteiger partial charge in [-0.15, -0.1) is 0 Å². The van der Waals surface area contributed by atoms with Crippen molar-refractivity contribution >= 4 is 0 Å². The van der Waals surface area contributed by atoms with E-state index < -0.39 is 0 Å². The Labute approximate surface area is 67.2 Å². The van der Waals surface area contributed by atoms with E-state index in [2.05, 4.69) is 6.92 Å². The van der Waals surface area contributed by atoms with E-state index in [1.165, 1.54) is 6.42 Å². The third kappa shape index (κ3) is 3.23. The van der Waals surface area contributed by atoms with Gasteiger partial charge in [0.05, 0.1) is 6.26 Å². The molecule has 0 aromatic carbocycles. The summed E-state index contributed by atoms with van der Waals surface area (Å²) in [6.45, 7) is 3.58. The van der Waals surface area contributed by atoms with Gasteiger partial charge in [0.25, 0.3) is 0 Å². The standard InChI is InChI=1S/C9H14O2/c1-2-3-6-10-8-9-5-4-7-11-9/h4-5,7H,2-3,6,8H2,1H3. The van der Waals surface area contributed by atoms with Gasteiger partial charge in [0, 0.05) is 6.61 Å². The maximum atomic E-state index is 5.32. The zero-order chi connectivity index (χ0) is 7.94. The summed E-state index contributed by atoms with van der Waals surface area (Å²) in [4.78, 5) is 0. The van der Waals surface area contributed by atoms with Crippen LogP contribution in [0.15, 0.2) is 22.8 Å². The first-order chi connectivity index (χ1) is 5.43. The van der Waals surface area contributed by atoms with Crippen LogP contribution in [-0.4, -0.2) is 6.61 Å². The van der Waals surface area contributed by atoms with Crippen LogP contribution in [0.2, 0.25) is 0 Å². The predicted molar refractivity (Wildman–Crippen MR) is 43.3 cm³/mol. The Morgan fingerprint density at radius 3 is 3.09 bits per heavy atom. The van der Waals surface area contributed by atoms with Gasteiger partial charge in [0.2, 0.25) is 0 Å². The molecule has 0 aliphatic carbocycles. The minimum absolute atomic E-state index is 0.604. The van der Waals surface area contributed by atoms with Crippen LogP contribution in [-0.2, 0) is 11.3 Å². The average molecular weight is 154 g/mol. The first-order valence-electron chi connectivity index (χ1n) is 4.03. The lowest BCUT2D eigenvalue weighted by Crippen LogP contribution is -1.93. The average Bonchev–Trinajstić information content (AvgIpc) is 2.50. The topological polar surface area (TPSA) is 22.4 Å². The van der Waals surface area contributed by atoms with E-state index in [4.69, 9.17) is 9.15 Å². The molecule has 62 valence electrons. The quantitative estimate of drug-likeness (QED) is 0.608. The van der Waals surface area contributed by atoms with E-state index in [-0.39, 0.29) is 0 Å². The van der Waals surface area contributed by atoms with Crippen LogP contribution in [0.4, 0.5) is 0 Å². The summed E-state index contributed by atoms with van der Waals surface area (Å²) in [6, 6.07) is 3.80. The molecule has 0 unspecified atom stereocenters. The third-order valence-corrected chi connectivity index (χ3v) is 1.47. The van der Waals surface area contributed by atoms with Crippen molar-refractivity contribution in [2.24, 2.45) is 0 Å². The molecule has 0 radical (unpaired) electrons. The second-order valence-corrected chi connectivity index (χ2v) is 2.49. The first-order valence-corrected chi connectivity index (χ1v) is 4.03. The number of hydrogen-bond acceptors (Lipinski definition) is 2. The molecule has 1 aromatic heterocycles. The number of hydrogen-bond donors (Lipinski definition) is 0. The third-order valence-electron chi connectivity index (χ3n) is 1.47. The van der Waals surface area contributed by atoms with Crippen LogP contribution in [0.5, 0.6) is 0 Å². The molecular weight excluding hydrogens is 140 g/mol. The molecule has 0 amide bonds. The van der Waals surface area contributed by atoms with E-state index in [1.54, 1.807) is 6.26 Å². The van der Waals surface area contributed by atoms with Crippen LogP contribution in [0.3, 0.4) is 0 Å². The summed E-state index contributed by atoms with van der Waals surface area (Å²) >= 11 is 0.